The van der Waals surface area contributed by atoms with Crippen molar-refractivity contribution in [2.75, 3.05) is 39.4 Å². The number of nitrogens with zero attached hydrogens (tertiary/aromatic N) is 3. The molecule has 0 bridgehead atoms. The molecule has 1 aromatic heterocycles. The SMILES string of the molecule is O=C(C1CCN(C2CCOCC2)CC1)N1CCC(c2ccn[nH]2)CC1. The molecule has 0 unspecified atom stereocenters. The number of likely N-dealkylation sites (tertiary alicyclic amines) is 2. The topological polar surface area (TPSA) is 61.5 Å². The van der Waals surface area contributed by atoms with Crippen molar-refractivity contribution in [3.05, 3.63) is 18.0 Å². The van der Waals surface area contributed by atoms with Crippen LogP contribution in [-0.4, -0.2) is 71.3 Å². The third-order valence-corrected chi connectivity index (χ3v) is 6.35. The summed E-state index contributed by atoms with van der Waals surface area (Å²) in [5.74, 6) is 1.16. The van der Waals surface area contributed by atoms with Crippen LogP contribution in [0.3, 0.4) is 0 Å². The smallest absolute Gasteiger partial charge is 0.225 e. The molecule has 4 rings (SSSR count). The van der Waals surface area contributed by atoms with Crippen molar-refractivity contribution in [3.8, 4) is 0 Å². The van der Waals surface area contributed by atoms with Crippen molar-refractivity contribution in [2.24, 2.45) is 5.92 Å². The Labute approximate surface area is 149 Å². The zero-order chi connectivity index (χ0) is 17.1. The monoisotopic (exact) mass is 346 g/mol. The Bertz CT molecular complexity index is 540. The summed E-state index contributed by atoms with van der Waals surface area (Å²) >= 11 is 0. The normalized spacial score (nSPS) is 25.4. The van der Waals surface area contributed by atoms with Gasteiger partial charge in [0, 0.05) is 56.1 Å². The summed E-state index contributed by atoms with van der Waals surface area (Å²) < 4.78 is 5.47. The molecule has 0 aromatic carbocycles. The van der Waals surface area contributed by atoms with E-state index in [0.717, 1.165) is 77.9 Å². The lowest BCUT2D eigenvalue weighted by Gasteiger charge is -2.40. The van der Waals surface area contributed by atoms with Gasteiger partial charge < -0.3 is 14.5 Å². The summed E-state index contributed by atoms with van der Waals surface area (Å²) in [7, 11) is 0. The quantitative estimate of drug-likeness (QED) is 0.909. The van der Waals surface area contributed by atoms with Crippen molar-refractivity contribution in [1.82, 2.24) is 20.0 Å². The van der Waals surface area contributed by atoms with Crippen LogP contribution in [0, 0.1) is 5.92 Å². The van der Waals surface area contributed by atoms with Gasteiger partial charge in [0.05, 0.1) is 0 Å². The van der Waals surface area contributed by atoms with Crippen molar-refractivity contribution >= 4 is 5.91 Å². The van der Waals surface area contributed by atoms with Crippen LogP contribution in [0.5, 0.6) is 0 Å². The first-order valence-corrected chi connectivity index (χ1v) is 9.91. The van der Waals surface area contributed by atoms with E-state index >= 15 is 0 Å². The minimum Gasteiger partial charge on any atom is -0.381 e. The first kappa shape index (κ1) is 17.0. The molecule has 3 saturated heterocycles. The molecule has 1 N–H and O–H groups in total. The summed E-state index contributed by atoms with van der Waals surface area (Å²) in [5, 5.41) is 7.13. The molecule has 0 radical (unpaired) electrons. The second kappa shape index (κ2) is 7.87. The number of nitrogens with one attached hydrogen (secondary N) is 1. The fourth-order valence-electron chi connectivity index (χ4n) is 4.72. The number of amides is 1. The second-order valence-corrected chi connectivity index (χ2v) is 7.77. The van der Waals surface area contributed by atoms with E-state index in [1.165, 1.54) is 5.69 Å². The Morgan fingerprint density at radius 3 is 2.40 bits per heavy atom. The van der Waals surface area contributed by atoms with Crippen LogP contribution in [0.1, 0.15) is 50.1 Å². The first-order valence-electron chi connectivity index (χ1n) is 9.91. The Morgan fingerprint density at radius 1 is 1.04 bits per heavy atom. The highest BCUT2D eigenvalue weighted by Crippen LogP contribution is 2.29. The van der Waals surface area contributed by atoms with Gasteiger partial charge in [0.2, 0.25) is 5.91 Å². The first-order chi connectivity index (χ1) is 12.3. The molecule has 6 nitrogen and oxygen atoms in total. The van der Waals surface area contributed by atoms with E-state index in [1.807, 2.05) is 6.20 Å². The average molecular weight is 346 g/mol. The summed E-state index contributed by atoms with van der Waals surface area (Å²) in [6, 6.07) is 2.74. The molecule has 3 aliphatic heterocycles. The van der Waals surface area contributed by atoms with Gasteiger partial charge in [-0.05, 0) is 57.7 Å². The van der Waals surface area contributed by atoms with Crippen LogP contribution in [0.2, 0.25) is 0 Å². The van der Waals surface area contributed by atoms with Crippen molar-refractivity contribution in [1.29, 1.82) is 0 Å². The highest BCUT2D eigenvalue weighted by atomic mass is 16.5. The van der Waals surface area contributed by atoms with Gasteiger partial charge in [0.15, 0.2) is 0 Å². The lowest BCUT2D eigenvalue weighted by atomic mass is 9.90. The molecule has 4 heterocycles. The van der Waals surface area contributed by atoms with E-state index in [2.05, 4.69) is 26.1 Å². The number of piperidine rings is 2. The van der Waals surface area contributed by atoms with E-state index in [9.17, 15) is 4.79 Å². The molecule has 1 amide bonds. The van der Waals surface area contributed by atoms with Crippen LogP contribution in [0.4, 0.5) is 0 Å². The van der Waals surface area contributed by atoms with Gasteiger partial charge in [-0.3, -0.25) is 9.89 Å². The molecule has 3 fully saturated rings. The molecule has 0 aliphatic carbocycles. The van der Waals surface area contributed by atoms with E-state index in [0.29, 0.717) is 17.9 Å². The van der Waals surface area contributed by atoms with Crippen LogP contribution in [-0.2, 0) is 9.53 Å². The minimum absolute atomic E-state index is 0.236. The Hall–Kier alpha value is -1.40. The maximum absolute atomic E-state index is 12.9. The zero-order valence-electron chi connectivity index (χ0n) is 15.0. The lowest BCUT2D eigenvalue weighted by molar-refractivity contribution is -0.138. The molecule has 3 aliphatic rings. The predicted molar refractivity (Wildman–Crippen MR) is 95.3 cm³/mol. The standard InChI is InChI=1S/C19H30N4O2/c24-19(23-11-2-15(3-12-23)18-1-8-20-21-18)16-4-9-22(10-5-16)17-6-13-25-14-7-17/h1,8,15-17H,2-7,9-14H2,(H,20,21). The van der Waals surface area contributed by atoms with Gasteiger partial charge in [-0.1, -0.05) is 0 Å². The second-order valence-electron chi connectivity index (χ2n) is 7.77. The fourth-order valence-corrected chi connectivity index (χ4v) is 4.72. The summed E-state index contributed by atoms with van der Waals surface area (Å²) in [4.78, 5) is 17.6. The third-order valence-electron chi connectivity index (χ3n) is 6.35. The Morgan fingerprint density at radius 2 is 1.76 bits per heavy atom. The van der Waals surface area contributed by atoms with Gasteiger partial charge >= 0.3 is 0 Å². The van der Waals surface area contributed by atoms with Crippen molar-refractivity contribution < 1.29 is 9.53 Å². The number of carbonyl (C=O) groups excluding carboxylic acids is 1. The molecule has 138 valence electrons. The molecule has 0 saturated carbocycles. The average Bonchev–Trinajstić information content (AvgIpc) is 3.23. The predicted octanol–water partition coefficient (Wildman–Crippen LogP) is 2.01. The van der Waals surface area contributed by atoms with Gasteiger partial charge in [0.25, 0.3) is 0 Å². The number of hydrogen-bond donors (Lipinski definition) is 1. The number of ether oxygens (including phenoxy) is 1. The lowest BCUT2D eigenvalue weighted by Crippen LogP contribution is -2.48. The number of hydrogen-bond acceptors (Lipinski definition) is 4. The minimum atomic E-state index is 0.236. The van der Waals surface area contributed by atoms with E-state index in [4.69, 9.17) is 4.74 Å². The maximum Gasteiger partial charge on any atom is 0.225 e. The Kier molecular flexibility index (Phi) is 5.36. The summed E-state index contributed by atoms with van der Waals surface area (Å²) in [6.45, 7) is 5.73. The van der Waals surface area contributed by atoms with Gasteiger partial charge in [0.1, 0.15) is 0 Å². The zero-order valence-corrected chi connectivity index (χ0v) is 15.0. The maximum atomic E-state index is 12.9. The molecule has 0 spiro atoms. The number of carbonyl (C=O) groups is 1. The van der Waals surface area contributed by atoms with Crippen LogP contribution < -0.4 is 0 Å². The number of aromatic amines is 1. The van der Waals surface area contributed by atoms with Crippen LogP contribution in [0.15, 0.2) is 12.3 Å². The summed E-state index contributed by atoms with van der Waals surface area (Å²) in [6.07, 6.45) is 8.27. The fraction of sp³-hybridized carbons (Fsp3) is 0.789. The van der Waals surface area contributed by atoms with E-state index in [-0.39, 0.29) is 5.92 Å². The Balaban J connectivity index is 1.24. The molecular weight excluding hydrogens is 316 g/mol. The highest BCUT2D eigenvalue weighted by Gasteiger charge is 2.33. The van der Waals surface area contributed by atoms with Crippen molar-refractivity contribution in [3.63, 3.8) is 0 Å². The number of aromatic nitrogens is 2. The largest absolute Gasteiger partial charge is 0.381 e. The third kappa shape index (κ3) is 3.90. The van der Waals surface area contributed by atoms with Gasteiger partial charge in [-0.2, -0.15) is 5.10 Å². The van der Waals surface area contributed by atoms with Crippen LogP contribution in [0.25, 0.3) is 0 Å². The molecular formula is C19H30N4O2. The molecule has 0 atom stereocenters. The summed E-state index contributed by atoms with van der Waals surface area (Å²) in [5.41, 5.74) is 1.22. The van der Waals surface area contributed by atoms with E-state index in [1.54, 1.807) is 0 Å². The highest BCUT2D eigenvalue weighted by molar-refractivity contribution is 5.79. The van der Waals surface area contributed by atoms with Gasteiger partial charge in [-0.25, -0.2) is 0 Å². The molecule has 1 aromatic rings. The van der Waals surface area contributed by atoms with Gasteiger partial charge in [-0.15, -0.1) is 0 Å². The van der Waals surface area contributed by atoms with Crippen molar-refractivity contribution in [2.45, 2.75) is 50.5 Å². The molecule has 6 heteroatoms. The number of H-pyrrole nitrogens is 1. The molecule has 25 heavy (non-hydrogen) atoms. The van der Waals surface area contributed by atoms with Crippen LogP contribution >= 0.6 is 0 Å². The van der Waals surface area contributed by atoms with E-state index < -0.39 is 0 Å². The number of rotatable bonds is 3.